The van der Waals surface area contributed by atoms with Crippen LogP contribution in [0.2, 0.25) is 0 Å². The molecule has 0 aromatic rings. The standard InChI is InChI=1S/C9H14F4O2/c1-5(2)15-7(14)8(6(10)11)3-9(12,13)4-8/h5-7,14H,3-4H2,1-2H3. The Hall–Kier alpha value is -0.360. The van der Waals surface area contributed by atoms with E-state index in [4.69, 9.17) is 4.74 Å². The summed E-state index contributed by atoms with van der Waals surface area (Å²) in [6.07, 6.45) is -7.37. The van der Waals surface area contributed by atoms with E-state index >= 15 is 0 Å². The van der Waals surface area contributed by atoms with Gasteiger partial charge in [-0.2, -0.15) is 0 Å². The first-order valence-corrected chi connectivity index (χ1v) is 4.69. The van der Waals surface area contributed by atoms with Crippen molar-refractivity contribution in [1.29, 1.82) is 0 Å². The summed E-state index contributed by atoms with van der Waals surface area (Å²) < 4.78 is 55.1. The van der Waals surface area contributed by atoms with Gasteiger partial charge in [-0.1, -0.05) is 0 Å². The summed E-state index contributed by atoms with van der Waals surface area (Å²) in [5.41, 5.74) is -2.10. The van der Waals surface area contributed by atoms with Crippen molar-refractivity contribution in [3.63, 3.8) is 0 Å². The molecule has 15 heavy (non-hydrogen) atoms. The van der Waals surface area contributed by atoms with E-state index < -0.39 is 43.0 Å². The average molecular weight is 230 g/mol. The maximum Gasteiger partial charge on any atom is 0.250 e. The van der Waals surface area contributed by atoms with Gasteiger partial charge in [0.15, 0.2) is 6.29 Å². The molecule has 1 saturated carbocycles. The van der Waals surface area contributed by atoms with Gasteiger partial charge in [-0.3, -0.25) is 0 Å². The molecule has 1 aliphatic carbocycles. The smallest absolute Gasteiger partial charge is 0.250 e. The Kier molecular flexibility index (Phi) is 3.30. The largest absolute Gasteiger partial charge is 0.367 e. The second-order valence-electron chi connectivity index (χ2n) is 4.28. The van der Waals surface area contributed by atoms with Crippen LogP contribution in [0.1, 0.15) is 26.7 Å². The fraction of sp³-hybridized carbons (Fsp3) is 1.00. The van der Waals surface area contributed by atoms with Gasteiger partial charge in [-0.05, 0) is 13.8 Å². The highest BCUT2D eigenvalue weighted by Crippen LogP contribution is 2.57. The lowest BCUT2D eigenvalue weighted by Crippen LogP contribution is -2.58. The molecule has 1 fully saturated rings. The third-order valence-corrected chi connectivity index (χ3v) is 2.50. The van der Waals surface area contributed by atoms with Crippen LogP contribution in [0.3, 0.4) is 0 Å². The Morgan fingerprint density at radius 1 is 1.20 bits per heavy atom. The van der Waals surface area contributed by atoms with E-state index in [-0.39, 0.29) is 0 Å². The zero-order chi connectivity index (χ0) is 11.9. The van der Waals surface area contributed by atoms with Gasteiger partial charge in [0.05, 0.1) is 11.5 Å². The van der Waals surface area contributed by atoms with Gasteiger partial charge < -0.3 is 9.84 Å². The van der Waals surface area contributed by atoms with Gasteiger partial charge in [0.1, 0.15) is 0 Å². The number of hydrogen-bond acceptors (Lipinski definition) is 2. The lowest BCUT2D eigenvalue weighted by molar-refractivity contribution is -0.312. The van der Waals surface area contributed by atoms with E-state index in [2.05, 4.69) is 0 Å². The molecule has 90 valence electrons. The second kappa shape index (κ2) is 3.90. The molecule has 1 unspecified atom stereocenters. The number of halogens is 4. The van der Waals surface area contributed by atoms with E-state index in [0.29, 0.717) is 0 Å². The molecule has 0 aliphatic heterocycles. The predicted octanol–water partition coefficient (Wildman–Crippen LogP) is 2.41. The minimum atomic E-state index is -3.11. The fourth-order valence-electron chi connectivity index (χ4n) is 1.74. The Morgan fingerprint density at radius 2 is 1.67 bits per heavy atom. The molecule has 0 radical (unpaired) electrons. The SMILES string of the molecule is CC(C)OC(O)C1(C(F)F)CC(F)(F)C1. The third-order valence-electron chi connectivity index (χ3n) is 2.50. The molecule has 0 heterocycles. The minimum Gasteiger partial charge on any atom is -0.367 e. The molecule has 0 saturated heterocycles. The summed E-state index contributed by atoms with van der Waals surface area (Å²) in [7, 11) is 0. The molecule has 1 N–H and O–H groups in total. The maximum absolute atomic E-state index is 12.6. The fourth-order valence-corrected chi connectivity index (χ4v) is 1.74. The van der Waals surface area contributed by atoms with Crippen LogP contribution in [0.15, 0.2) is 0 Å². The highest BCUT2D eigenvalue weighted by molar-refractivity contribution is 5.02. The zero-order valence-electron chi connectivity index (χ0n) is 8.51. The lowest BCUT2D eigenvalue weighted by Gasteiger charge is -2.48. The molecule has 0 aromatic carbocycles. The quantitative estimate of drug-likeness (QED) is 0.593. The molecule has 1 atom stereocenters. The maximum atomic E-state index is 12.6. The topological polar surface area (TPSA) is 29.5 Å². The molecule has 0 aromatic heterocycles. The summed E-state index contributed by atoms with van der Waals surface area (Å²) in [5, 5.41) is 9.36. The van der Waals surface area contributed by atoms with Crippen LogP contribution in [-0.4, -0.2) is 29.8 Å². The van der Waals surface area contributed by atoms with E-state index in [0.717, 1.165) is 0 Å². The number of aliphatic hydroxyl groups excluding tert-OH is 1. The summed E-state index contributed by atoms with van der Waals surface area (Å²) >= 11 is 0. The van der Waals surface area contributed by atoms with Gasteiger partial charge in [-0.15, -0.1) is 0 Å². The predicted molar refractivity (Wildman–Crippen MR) is 44.8 cm³/mol. The van der Waals surface area contributed by atoms with Crippen molar-refractivity contribution in [1.82, 2.24) is 0 Å². The Morgan fingerprint density at radius 3 is 1.93 bits per heavy atom. The van der Waals surface area contributed by atoms with Crippen molar-refractivity contribution in [2.24, 2.45) is 5.41 Å². The number of ether oxygens (including phenoxy) is 1. The molecular formula is C9H14F4O2. The first kappa shape index (κ1) is 12.7. The van der Waals surface area contributed by atoms with E-state index in [9.17, 15) is 22.7 Å². The van der Waals surface area contributed by atoms with Gasteiger partial charge in [-0.25, -0.2) is 17.6 Å². The molecule has 6 heteroatoms. The molecule has 2 nitrogen and oxygen atoms in total. The Balaban J connectivity index is 2.68. The molecular weight excluding hydrogens is 216 g/mol. The van der Waals surface area contributed by atoms with Gasteiger partial charge in [0.25, 0.3) is 0 Å². The summed E-state index contributed by atoms with van der Waals surface area (Å²) in [5.74, 6) is -3.11. The zero-order valence-corrected chi connectivity index (χ0v) is 8.51. The summed E-state index contributed by atoms with van der Waals surface area (Å²) in [6.45, 7) is 3.08. The van der Waals surface area contributed by atoms with Crippen LogP contribution < -0.4 is 0 Å². The van der Waals surface area contributed by atoms with Gasteiger partial charge >= 0.3 is 0 Å². The van der Waals surface area contributed by atoms with E-state index in [1.165, 1.54) is 0 Å². The minimum absolute atomic E-state index is 0.482. The van der Waals surface area contributed by atoms with Crippen LogP contribution in [0.5, 0.6) is 0 Å². The van der Waals surface area contributed by atoms with Crippen molar-refractivity contribution in [3.05, 3.63) is 0 Å². The Bertz CT molecular complexity index is 222. The average Bonchev–Trinajstić information content (AvgIpc) is 1.96. The Labute approximate surface area is 85.2 Å². The van der Waals surface area contributed by atoms with Crippen LogP contribution in [0.4, 0.5) is 17.6 Å². The lowest BCUT2D eigenvalue weighted by atomic mass is 9.65. The number of hydrogen-bond donors (Lipinski definition) is 1. The van der Waals surface area contributed by atoms with Crippen LogP contribution >= 0.6 is 0 Å². The third kappa shape index (κ3) is 2.42. The van der Waals surface area contributed by atoms with Crippen molar-refractivity contribution in [2.75, 3.05) is 0 Å². The summed E-state index contributed by atoms with van der Waals surface area (Å²) in [6, 6.07) is 0. The molecule has 1 rings (SSSR count). The van der Waals surface area contributed by atoms with Crippen molar-refractivity contribution >= 4 is 0 Å². The molecule has 0 spiro atoms. The van der Waals surface area contributed by atoms with Crippen molar-refractivity contribution in [3.8, 4) is 0 Å². The number of aliphatic hydroxyl groups is 1. The second-order valence-corrected chi connectivity index (χ2v) is 4.28. The van der Waals surface area contributed by atoms with Crippen LogP contribution in [0.25, 0.3) is 0 Å². The van der Waals surface area contributed by atoms with Crippen LogP contribution in [0, 0.1) is 5.41 Å². The van der Waals surface area contributed by atoms with Gasteiger partial charge in [0.2, 0.25) is 12.3 Å². The first-order chi connectivity index (χ1) is 6.69. The molecule has 0 amide bonds. The number of rotatable bonds is 4. The molecule has 0 bridgehead atoms. The highest BCUT2D eigenvalue weighted by Gasteiger charge is 2.65. The highest BCUT2D eigenvalue weighted by atomic mass is 19.3. The molecule has 1 aliphatic rings. The van der Waals surface area contributed by atoms with Crippen molar-refractivity contribution in [2.45, 2.75) is 51.4 Å². The summed E-state index contributed by atoms with van der Waals surface area (Å²) in [4.78, 5) is 0. The van der Waals surface area contributed by atoms with Gasteiger partial charge in [0, 0.05) is 12.8 Å². The van der Waals surface area contributed by atoms with E-state index in [1.54, 1.807) is 13.8 Å². The monoisotopic (exact) mass is 230 g/mol. The van der Waals surface area contributed by atoms with Crippen molar-refractivity contribution < 1.29 is 27.4 Å². The van der Waals surface area contributed by atoms with E-state index in [1.807, 2.05) is 0 Å². The number of alkyl halides is 4. The first-order valence-electron chi connectivity index (χ1n) is 4.69. The van der Waals surface area contributed by atoms with Crippen LogP contribution in [-0.2, 0) is 4.74 Å². The normalized spacial score (nSPS) is 25.4.